The van der Waals surface area contributed by atoms with Gasteiger partial charge in [0.1, 0.15) is 0 Å². The van der Waals surface area contributed by atoms with Crippen LogP contribution in [0.1, 0.15) is 15.9 Å². The number of amides is 2. The molecule has 1 aromatic rings. The maximum absolute atomic E-state index is 11.3. The van der Waals surface area contributed by atoms with E-state index >= 15 is 0 Å². The highest BCUT2D eigenvalue weighted by Crippen LogP contribution is 2.02. The van der Waals surface area contributed by atoms with E-state index in [1.54, 1.807) is 12.1 Å². The van der Waals surface area contributed by atoms with Crippen LogP contribution in [0.5, 0.6) is 0 Å². The Morgan fingerprint density at radius 1 is 1.33 bits per heavy atom. The first-order valence-corrected chi connectivity index (χ1v) is 4.36. The summed E-state index contributed by atoms with van der Waals surface area (Å²) in [7, 11) is 0. The molecule has 0 bridgehead atoms. The molecular weight excluding hydrogens is 196 g/mol. The van der Waals surface area contributed by atoms with Gasteiger partial charge in [-0.2, -0.15) is 0 Å². The fourth-order valence-electron chi connectivity index (χ4n) is 0.937. The van der Waals surface area contributed by atoms with Crippen molar-refractivity contribution in [3.63, 3.8) is 0 Å². The minimum Gasteiger partial charge on any atom is -0.368 e. The van der Waals surface area contributed by atoms with Gasteiger partial charge in [-0.25, -0.2) is 5.48 Å². The number of hydroxylamine groups is 1. The van der Waals surface area contributed by atoms with E-state index in [-0.39, 0.29) is 6.61 Å². The maximum Gasteiger partial charge on any atom is 0.274 e. The lowest BCUT2D eigenvalue weighted by molar-refractivity contribution is -0.124. The van der Waals surface area contributed by atoms with Crippen molar-refractivity contribution in [3.8, 4) is 0 Å². The van der Waals surface area contributed by atoms with Crippen molar-refractivity contribution < 1.29 is 14.4 Å². The zero-order valence-electron chi connectivity index (χ0n) is 8.32. The third kappa shape index (κ3) is 3.78. The van der Waals surface area contributed by atoms with Crippen LogP contribution in [0.15, 0.2) is 24.3 Å². The van der Waals surface area contributed by atoms with Gasteiger partial charge in [-0.1, -0.05) is 17.7 Å². The smallest absolute Gasteiger partial charge is 0.274 e. The monoisotopic (exact) mass is 208 g/mol. The Bertz CT molecular complexity index is 359. The molecule has 2 amide bonds. The van der Waals surface area contributed by atoms with Gasteiger partial charge in [0, 0.05) is 5.56 Å². The van der Waals surface area contributed by atoms with Crippen LogP contribution in [-0.4, -0.2) is 18.4 Å². The largest absolute Gasteiger partial charge is 0.368 e. The topological polar surface area (TPSA) is 81.4 Å². The summed E-state index contributed by atoms with van der Waals surface area (Å²) in [4.78, 5) is 26.2. The molecule has 80 valence electrons. The van der Waals surface area contributed by atoms with Gasteiger partial charge in [0.15, 0.2) is 6.61 Å². The molecule has 0 spiro atoms. The number of carbonyl (C=O) groups is 2. The van der Waals surface area contributed by atoms with Gasteiger partial charge in [0.25, 0.3) is 5.91 Å². The van der Waals surface area contributed by atoms with Crippen molar-refractivity contribution >= 4 is 11.8 Å². The number of rotatable bonds is 4. The molecule has 15 heavy (non-hydrogen) atoms. The number of hydrogen-bond acceptors (Lipinski definition) is 3. The average Bonchev–Trinajstić information content (AvgIpc) is 2.18. The molecule has 0 aromatic heterocycles. The Morgan fingerprint density at radius 3 is 2.47 bits per heavy atom. The van der Waals surface area contributed by atoms with Crippen molar-refractivity contribution in [2.24, 2.45) is 5.73 Å². The van der Waals surface area contributed by atoms with Crippen LogP contribution in [0, 0.1) is 6.92 Å². The van der Waals surface area contributed by atoms with Crippen molar-refractivity contribution in [2.75, 3.05) is 6.61 Å². The summed E-state index contributed by atoms with van der Waals surface area (Å²) in [6.45, 7) is 1.59. The van der Waals surface area contributed by atoms with E-state index in [2.05, 4.69) is 10.3 Å². The summed E-state index contributed by atoms with van der Waals surface area (Å²) >= 11 is 0. The molecule has 0 saturated carbocycles. The molecule has 0 aliphatic rings. The molecular formula is C10H12N2O3. The van der Waals surface area contributed by atoms with E-state index in [0.717, 1.165) is 5.56 Å². The zero-order chi connectivity index (χ0) is 11.3. The van der Waals surface area contributed by atoms with Gasteiger partial charge in [0.05, 0.1) is 0 Å². The predicted octanol–water partition coefficient (Wildman–Crippen LogP) is 0.142. The third-order valence-electron chi connectivity index (χ3n) is 1.69. The lowest BCUT2D eigenvalue weighted by atomic mass is 10.1. The Labute approximate surface area is 87.2 Å². The van der Waals surface area contributed by atoms with E-state index in [4.69, 9.17) is 5.73 Å². The fourth-order valence-corrected chi connectivity index (χ4v) is 0.937. The average molecular weight is 208 g/mol. The summed E-state index contributed by atoms with van der Waals surface area (Å²) in [5, 5.41) is 0. The number of hydrogen-bond donors (Lipinski definition) is 2. The first-order valence-electron chi connectivity index (χ1n) is 4.36. The molecule has 1 rings (SSSR count). The van der Waals surface area contributed by atoms with E-state index in [0.29, 0.717) is 5.56 Å². The van der Waals surface area contributed by atoms with Gasteiger partial charge in [-0.15, -0.1) is 0 Å². The standard InChI is InChI=1S/C10H12N2O3/c1-7-2-4-8(5-3-7)10(14)12-15-6-9(11)13/h2-5H,6H2,1H3,(H2,11,13)(H,12,14). The van der Waals surface area contributed by atoms with Gasteiger partial charge in [0.2, 0.25) is 5.91 Å². The van der Waals surface area contributed by atoms with Crippen molar-refractivity contribution in [3.05, 3.63) is 35.4 Å². The quantitative estimate of drug-likeness (QED) is 0.690. The van der Waals surface area contributed by atoms with Crippen molar-refractivity contribution in [2.45, 2.75) is 6.92 Å². The highest BCUT2D eigenvalue weighted by Gasteiger charge is 2.04. The Hall–Kier alpha value is -1.88. The van der Waals surface area contributed by atoms with Crippen molar-refractivity contribution in [1.82, 2.24) is 5.48 Å². The molecule has 0 saturated heterocycles. The number of nitrogens with one attached hydrogen (secondary N) is 1. The van der Waals surface area contributed by atoms with E-state index in [1.165, 1.54) is 0 Å². The van der Waals surface area contributed by atoms with E-state index in [1.807, 2.05) is 19.1 Å². The molecule has 0 aliphatic heterocycles. The molecule has 0 radical (unpaired) electrons. The van der Waals surface area contributed by atoms with Crippen LogP contribution in [-0.2, 0) is 9.63 Å². The van der Waals surface area contributed by atoms with Crippen LogP contribution in [0.25, 0.3) is 0 Å². The lowest BCUT2D eigenvalue weighted by Crippen LogP contribution is -2.29. The molecule has 1 aromatic carbocycles. The summed E-state index contributed by atoms with van der Waals surface area (Å²) in [5.74, 6) is -1.05. The highest BCUT2D eigenvalue weighted by atomic mass is 16.7. The van der Waals surface area contributed by atoms with Crippen LogP contribution in [0.3, 0.4) is 0 Å². The van der Waals surface area contributed by atoms with Gasteiger partial charge < -0.3 is 5.73 Å². The number of nitrogens with two attached hydrogens (primary N) is 1. The first kappa shape index (κ1) is 11.2. The Kier molecular flexibility index (Phi) is 3.82. The van der Waals surface area contributed by atoms with Crippen LogP contribution >= 0.6 is 0 Å². The summed E-state index contributed by atoms with van der Waals surface area (Å²) < 4.78 is 0. The molecule has 0 fully saturated rings. The summed E-state index contributed by atoms with van der Waals surface area (Å²) in [5.41, 5.74) is 8.45. The molecule has 0 atom stereocenters. The minimum atomic E-state index is -0.640. The third-order valence-corrected chi connectivity index (χ3v) is 1.69. The molecule has 0 unspecified atom stereocenters. The molecule has 5 nitrogen and oxygen atoms in total. The summed E-state index contributed by atoms with van der Waals surface area (Å²) in [6, 6.07) is 6.95. The number of carbonyl (C=O) groups excluding carboxylic acids is 2. The number of benzene rings is 1. The SMILES string of the molecule is Cc1ccc(C(=O)NOCC(N)=O)cc1. The molecule has 3 N–H and O–H groups in total. The maximum atomic E-state index is 11.3. The Balaban J connectivity index is 2.47. The normalized spacial score (nSPS) is 9.67. The van der Waals surface area contributed by atoms with Gasteiger partial charge >= 0.3 is 0 Å². The molecule has 0 heterocycles. The van der Waals surface area contributed by atoms with Gasteiger partial charge in [-0.05, 0) is 19.1 Å². The van der Waals surface area contributed by atoms with Gasteiger partial charge in [-0.3, -0.25) is 14.4 Å². The van der Waals surface area contributed by atoms with E-state index in [9.17, 15) is 9.59 Å². The zero-order valence-corrected chi connectivity index (χ0v) is 8.32. The van der Waals surface area contributed by atoms with Crippen LogP contribution < -0.4 is 11.2 Å². The second kappa shape index (κ2) is 5.11. The van der Waals surface area contributed by atoms with Crippen molar-refractivity contribution in [1.29, 1.82) is 0 Å². The Morgan fingerprint density at radius 2 is 1.93 bits per heavy atom. The van der Waals surface area contributed by atoms with E-state index < -0.39 is 11.8 Å². The second-order valence-corrected chi connectivity index (χ2v) is 3.05. The van der Waals surface area contributed by atoms with Crippen LogP contribution in [0.2, 0.25) is 0 Å². The summed E-state index contributed by atoms with van der Waals surface area (Å²) in [6.07, 6.45) is 0. The predicted molar refractivity (Wildman–Crippen MR) is 53.8 cm³/mol. The molecule has 5 heteroatoms. The second-order valence-electron chi connectivity index (χ2n) is 3.05. The fraction of sp³-hybridized carbons (Fsp3) is 0.200. The minimum absolute atomic E-state index is 0.336. The van der Waals surface area contributed by atoms with Crippen LogP contribution in [0.4, 0.5) is 0 Å². The number of aryl methyl sites for hydroxylation is 1. The highest BCUT2D eigenvalue weighted by molar-refractivity contribution is 5.93. The lowest BCUT2D eigenvalue weighted by Gasteiger charge is -2.03. The number of primary amides is 1. The first-order chi connectivity index (χ1) is 7.09. The molecule has 0 aliphatic carbocycles.